The smallest absolute Gasteiger partial charge is 0.335 e. The monoisotopic (exact) mass is 290 g/mol. The molecule has 0 aliphatic rings. The summed E-state index contributed by atoms with van der Waals surface area (Å²) >= 11 is 0. The first-order chi connectivity index (χ1) is 10.7. The molecule has 0 saturated heterocycles. The van der Waals surface area contributed by atoms with Crippen LogP contribution >= 0.6 is 0 Å². The van der Waals surface area contributed by atoms with Gasteiger partial charge in [-0.3, -0.25) is 0 Å². The van der Waals surface area contributed by atoms with Crippen molar-refractivity contribution < 1.29 is 14.3 Å². The van der Waals surface area contributed by atoms with E-state index in [9.17, 15) is 4.79 Å². The quantitative estimate of drug-likeness (QED) is 0.608. The summed E-state index contributed by atoms with van der Waals surface area (Å²) in [6.07, 6.45) is 1.59. The average Bonchev–Trinajstić information content (AvgIpc) is 2.97. The number of aromatic nitrogens is 2. The van der Waals surface area contributed by atoms with E-state index in [2.05, 4.69) is 10.2 Å². The summed E-state index contributed by atoms with van der Waals surface area (Å²) in [4.78, 5) is 11.2. The molecule has 0 fully saturated rings. The van der Waals surface area contributed by atoms with Crippen molar-refractivity contribution in [3.05, 3.63) is 60.3 Å². The van der Waals surface area contributed by atoms with Gasteiger partial charge in [-0.25, -0.2) is 4.79 Å². The first-order valence-corrected chi connectivity index (χ1v) is 6.70. The van der Waals surface area contributed by atoms with Crippen molar-refractivity contribution >= 4 is 27.8 Å². The van der Waals surface area contributed by atoms with E-state index < -0.39 is 5.97 Å². The van der Waals surface area contributed by atoms with Crippen LogP contribution in [0.1, 0.15) is 10.4 Å². The second kappa shape index (κ2) is 4.66. The lowest BCUT2D eigenvalue weighted by molar-refractivity contribution is 0.0697. The molecule has 0 saturated carbocycles. The largest absolute Gasteiger partial charge is 0.478 e. The molecule has 0 aliphatic heterocycles. The first kappa shape index (κ1) is 12.5. The minimum atomic E-state index is -0.978. The average molecular weight is 290 g/mol. The van der Waals surface area contributed by atoms with E-state index in [1.54, 1.807) is 18.3 Å². The topological polar surface area (TPSA) is 76.2 Å². The van der Waals surface area contributed by atoms with Gasteiger partial charge in [0.2, 0.25) is 0 Å². The van der Waals surface area contributed by atoms with Crippen molar-refractivity contribution in [2.75, 3.05) is 0 Å². The van der Waals surface area contributed by atoms with Crippen molar-refractivity contribution in [2.45, 2.75) is 0 Å². The fraction of sp³-hybridized carbons (Fsp3) is 0. The number of hydrogen-bond donors (Lipinski definition) is 1. The van der Waals surface area contributed by atoms with Crippen LogP contribution in [-0.4, -0.2) is 21.3 Å². The maximum absolute atomic E-state index is 11.2. The van der Waals surface area contributed by atoms with Crippen LogP contribution in [0.5, 0.6) is 0 Å². The fourth-order valence-electron chi connectivity index (χ4n) is 2.50. The number of carboxylic acids is 1. The van der Waals surface area contributed by atoms with Crippen molar-refractivity contribution in [3.8, 4) is 11.3 Å². The second-order valence-electron chi connectivity index (χ2n) is 4.94. The van der Waals surface area contributed by atoms with Gasteiger partial charge in [0, 0.05) is 16.3 Å². The third-order valence-corrected chi connectivity index (χ3v) is 3.58. The Bertz CT molecular complexity index is 988. The number of para-hydroxylation sites is 1. The van der Waals surface area contributed by atoms with Crippen LogP contribution in [0.4, 0.5) is 0 Å². The predicted octanol–water partition coefficient (Wildman–Crippen LogP) is 3.74. The number of fused-ring (bicyclic) bond motifs is 2. The third-order valence-electron chi connectivity index (χ3n) is 3.58. The van der Waals surface area contributed by atoms with E-state index in [4.69, 9.17) is 9.52 Å². The second-order valence-corrected chi connectivity index (χ2v) is 4.94. The van der Waals surface area contributed by atoms with Gasteiger partial charge < -0.3 is 9.52 Å². The molecule has 22 heavy (non-hydrogen) atoms. The molecule has 0 spiro atoms. The standard InChI is InChI=1S/C17H10N2O3/c20-17(21)11-5-6-14-12(7-11)13(9-18-19-14)16-8-10-3-1-2-4-15(10)22-16/h1-9H,(H,20,21). The number of aromatic carboxylic acids is 1. The van der Waals surface area contributed by atoms with E-state index in [1.807, 2.05) is 30.3 Å². The number of carbonyl (C=O) groups is 1. The van der Waals surface area contributed by atoms with Gasteiger partial charge >= 0.3 is 5.97 Å². The molecule has 4 aromatic rings. The summed E-state index contributed by atoms with van der Waals surface area (Å²) in [6, 6.07) is 14.4. The van der Waals surface area contributed by atoms with Crippen molar-refractivity contribution in [3.63, 3.8) is 0 Å². The number of hydrogen-bond acceptors (Lipinski definition) is 4. The summed E-state index contributed by atoms with van der Waals surface area (Å²) in [5.41, 5.74) is 2.34. The van der Waals surface area contributed by atoms with Crippen LogP contribution < -0.4 is 0 Å². The van der Waals surface area contributed by atoms with Gasteiger partial charge in [0.1, 0.15) is 11.3 Å². The number of benzene rings is 2. The highest BCUT2D eigenvalue weighted by Crippen LogP contribution is 2.32. The van der Waals surface area contributed by atoms with Crippen LogP contribution in [0.15, 0.2) is 59.1 Å². The zero-order valence-corrected chi connectivity index (χ0v) is 11.4. The van der Waals surface area contributed by atoms with E-state index in [1.165, 1.54) is 6.07 Å². The number of nitrogens with zero attached hydrogens (tertiary/aromatic N) is 2. The first-order valence-electron chi connectivity index (χ1n) is 6.70. The molecular weight excluding hydrogens is 280 g/mol. The van der Waals surface area contributed by atoms with Crippen molar-refractivity contribution in [1.82, 2.24) is 10.2 Å². The van der Waals surface area contributed by atoms with Crippen molar-refractivity contribution in [2.24, 2.45) is 0 Å². The molecule has 0 amide bonds. The Morgan fingerprint density at radius 1 is 1.09 bits per heavy atom. The Balaban J connectivity index is 2.00. The lowest BCUT2D eigenvalue weighted by atomic mass is 10.1. The zero-order valence-electron chi connectivity index (χ0n) is 11.4. The molecular formula is C17H10N2O3. The molecule has 2 aromatic carbocycles. The molecule has 0 radical (unpaired) electrons. The lowest BCUT2D eigenvalue weighted by Crippen LogP contribution is -1.97. The molecule has 5 nitrogen and oxygen atoms in total. The Hall–Kier alpha value is -3.21. The van der Waals surface area contributed by atoms with Gasteiger partial charge in [-0.1, -0.05) is 18.2 Å². The highest BCUT2D eigenvalue weighted by molar-refractivity contribution is 5.99. The molecule has 2 heterocycles. The van der Waals surface area contributed by atoms with Crippen LogP contribution in [-0.2, 0) is 0 Å². The zero-order chi connectivity index (χ0) is 15.1. The highest BCUT2D eigenvalue weighted by Gasteiger charge is 2.13. The molecule has 106 valence electrons. The summed E-state index contributed by atoms with van der Waals surface area (Å²) in [7, 11) is 0. The van der Waals surface area contributed by atoms with Gasteiger partial charge in [-0.15, -0.1) is 0 Å². The molecule has 4 rings (SSSR count). The van der Waals surface area contributed by atoms with Gasteiger partial charge in [-0.05, 0) is 30.3 Å². The molecule has 1 N–H and O–H groups in total. The molecule has 2 aromatic heterocycles. The Morgan fingerprint density at radius 2 is 1.95 bits per heavy atom. The fourth-order valence-corrected chi connectivity index (χ4v) is 2.50. The molecule has 5 heteroatoms. The predicted molar refractivity (Wildman–Crippen MR) is 81.7 cm³/mol. The lowest BCUT2D eigenvalue weighted by Gasteiger charge is -2.03. The Morgan fingerprint density at radius 3 is 2.77 bits per heavy atom. The summed E-state index contributed by atoms with van der Waals surface area (Å²) in [5, 5.41) is 18.9. The number of furan rings is 1. The highest BCUT2D eigenvalue weighted by atomic mass is 16.4. The van der Waals surface area contributed by atoms with Gasteiger partial charge in [-0.2, -0.15) is 10.2 Å². The van der Waals surface area contributed by atoms with Crippen LogP contribution in [0.2, 0.25) is 0 Å². The molecule has 0 atom stereocenters. The Labute approximate surface area is 124 Å². The molecule has 0 unspecified atom stereocenters. The van der Waals surface area contributed by atoms with E-state index in [-0.39, 0.29) is 5.56 Å². The van der Waals surface area contributed by atoms with E-state index in [0.29, 0.717) is 16.7 Å². The van der Waals surface area contributed by atoms with Gasteiger partial charge in [0.15, 0.2) is 0 Å². The van der Waals surface area contributed by atoms with Crippen LogP contribution in [0.25, 0.3) is 33.2 Å². The maximum atomic E-state index is 11.2. The SMILES string of the molecule is O=C(O)c1ccc2nncc(-c3cc4ccccc4o3)c2c1. The summed E-state index contributed by atoms with van der Waals surface area (Å²) in [6.45, 7) is 0. The van der Waals surface area contributed by atoms with E-state index >= 15 is 0 Å². The molecule has 0 aliphatic carbocycles. The van der Waals surface area contributed by atoms with E-state index in [0.717, 1.165) is 16.5 Å². The minimum absolute atomic E-state index is 0.206. The van der Waals surface area contributed by atoms with Crippen molar-refractivity contribution in [1.29, 1.82) is 0 Å². The Kier molecular flexibility index (Phi) is 2.66. The molecule has 0 bridgehead atoms. The summed E-state index contributed by atoms with van der Waals surface area (Å²) < 4.78 is 5.85. The number of carboxylic acid groups (broad SMARTS) is 1. The normalized spacial score (nSPS) is 11.1. The van der Waals surface area contributed by atoms with Crippen LogP contribution in [0, 0.1) is 0 Å². The minimum Gasteiger partial charge on any atom is -0.478 e. The summed E-state index contributed by atoms with van der Waals surface area (Å²) in [5.74, 6) is -0.335. The van der Waals surface area contributed by atoms with Crippen LogP contribution in [0.3, 0.4) is 0 Å². The van der Waals surface area contributed by atoms with Gasteiger partial charge in [0.25, 0.3) is 0 Å². The van der Waals surface area contributed by atoms with Gasteiger partial charge in [0.05, 0.1) is 17.3 Å². The maximum Gasteiger partial charge on any atom is 0.335 e. The third kappa shape index (κ3) is 1.91. The number of rotatable bonds is 2.